The van der Waals surface area contributed by atoms with Gasteiger partial charge in [0.25, 0.3) is 5.91 Å². The molecule has 0 saturated carbocycles. The van der Waals surface area contributed by atoms with Crippen LogP contribution in [0.3, 0.4) is 0 Å². The van der Waals surface area contributed by atoms with Crippen LogP contribution in [0.15, 0.2) is 60.8 Å². The Kier molecular flexibility index (Phi) is 4.91. The summed E-state index contributed by atoms with van der Waals surface area (Å²) in [5.41, 5.74) is 4.78. The van der Waals surface area contributed by atoms with Crippen molar-refractivity contribution in [1.29, 1.82) is 0 Å². The Morgan fingerprint density at radius 1 is 0.897 bits per heavy atom. The van der Waals surface area contributed by atoms with E-state index < -0.39 is 0 Å². The molecule has 0 bridgehead atoms. The fourth-order valence-corrected chi connectivity index (χ4v) is 3.28. The lowest BCUT2D eigenvalue weighted by molar-refractivity contribution is 0.102. The summed E-state index contributed by atoms with van der Waals surface area (Å²) in [7, 11) is 0. The molecule has 6 nitrogen and oxygen atoms in total. The van der Waals surface area contributed by atoms with Gasteiger partial charge in [-0.1, -0.05) is 36.4 Å². The van der Waals surface area contributed by atoms with E-state index in [-0.39, 0.29) is 5.91 Å². The first-order valence-electron chi connectivity index (χ1n) is 9.35. The van der Waals surface area contributed by atoms with Crippen LogP contribution in [0.25, 0.3) is 10.9 Å². The maximum absolute atomic E-state index is 12.8. The number of fused-ring (bicyclic) bond motifs is 1. The number of carbonyl (C=O) groups is 1. The highest BCUT2D eigenvalue weighted by Crippen LogP contribution is 2.25. The van der Waals surface area contributed by atoms with Crippen molar-refractivity contribution in [2.45, 2.75) is 20.8 Å². The van der Waals surface area contributed by atoms with Crippen LogP contribution in [0.1, 0.15) is 27.4 Å². The molecule has 2 heterocycles. The van der Waals surface area contributed by atoms with Crippen molar-refractivity contribution in [3.05, 3.63) is 83.4 Å². The van der Waals surface area contributed by atoms with Gasteiger partial charge in [-0.2, -0.15) is 0 Å². The minimum absolute atomic E-state index is 0.271. The monoisotopic (exact) mass is 383 g/mol. The molecule has 2 aromatic heterocycles. The van der Waals surface area contributed by atoms with Gasteiger partial charge >= 0.3 is 0 Å². The van der Waals surface area contributed by atoms with Crippen LogP contribution in [0.5, 0.6) is 0 Å². The van der Waals surface area contributed by atoms with Crippen LogP contribution in [0, 0.1) is 20.8 Å². The van der Waals surface area contributed by atoms with Gasteiger partial charge in [-0.05, 0) is 44.0 Å². The van der Waals surface area contributed by atoms with Gasteiger partial charge in [0.05, 0.1) is 11.2 Å². The van der Waals surface area contributed by atoms with E-state index >= 15 is 0 Å². The van der Waals surface area contributed by atoms with Crippen LogP contribution in [-0.2, 0) is 0 Å². The van der Waals surface area contributed by atoms with E-state index in [1.807, 2.05) is 62.4 Å². The SMILES string of the molecule is Cc1nc(Nc2cccc3cccnc23)cc(C(=O)Nc2c(C)cccc2C)n1. The molecule has 29 heavy (non-hydrogen) atoms. The quantitative estimate of drug-likeness (QED) is 0.521. The second-order valence-electron chi connectivity index (χ2n) is 6.91. The molecule has 0 fully saturated rings. The number of aromatic nitrogens is 3. The molecule has 2 N–H and O–H groups in total. The zero-order valence-electron chi connectivity index (χ0n) is 16.5. The molecule has 0 aliphatic rings. The van der Waals surface area contributed by atoms with Gasteiger partial charge in [0.2, 0.25) is 0 Å². The van der Waals surface area contributed by atoms with E-state index in [0.29, 0.717) is 17.3 Å². The van der Waals surface area contributed by atoms with Gasteiger partial charge in [-0.15, -0.1) is 0 Å². The fourth-order valence-electron chi connectivity index (χ4n) is 3.28. The summed E-state index contributed by atoms with van der Waals surface area (Å²) in [6, 6.07) is 17.3. The number of aryl methyl sites for hydroxylation is 3. The number of benzene rings is 2. The minimum atomic E-state index is -0.271. The summed E-state index contributed by atoms with van der Waals surface area (Å²) in [5.74, 6) is 0.782. The lowest BCUT2D eigenvalue weighted by Crippen LogP contribution is -2.16. The Bertz CT molecular complexity index is 1190. The molecule has 4 aromatic rings. The molecular formula is C23H21N5O. The second-order valence-corrected chi connectivity index (χ2v) is 6.91. The Hall–Kier alpha value is -3.80. The number of nitrogens with one attached hydrogen (secondary N) is 2. The van der Waals surface area contributed by atoms with Crippen molar-refractivity contribution < 1.29 is 4.79 Å². The van der Waals surface area contributed by atoms with Gasteiger partial charge in [-0.3, -0.25) is 9.78 Å². The van der Waals surface area contributed by atoms with Gasteiger partial charge in [0, 0.05) is 23.3 Å². The smallest absolute Gasteiger partial charge is 0.274 e. The molecule has 0 spiro atoms. The topological polar surface area (TPSA) is 79.8 Å². The van der Waals surface area contributed by atoms with E-state index in [9.17, 15) is 4.79 Å². The first-order chi connectivity index (χ1) is 14.0. The number of hydrogen-bond acceptors (Lipinski definition) is 5. The van der Waals surface area contributed by atoms with Crippen molar-refractivity contribution in [1.82, 2.24) is 15.0 Å². The van der Waals surface area contributed by atoms with Crippen LogP contribution in [0.2, 0.25) is 0 Å². The number of nitrogens with zero attached hydrogens (tertiary/aromatic N) is 3. The first kappa shape index (κ1) is 18.6. The summed E-state index contributed by atoms with van der Waals surface area (Å²) in [6.45, 7) is 5.70. The number of pyridine rings is 1. The lowest BCUT2D eigenvalue weighted by atomic mass is 10.1. The van der Waals surface area contributed by atoms with Crippen molar-refractivity contribution in [2.24, 2.45) is 0 Å². The van der Waals surface area contributed by atoms with Crippen LogP contribution >= 0.6 is 0 Å². The van der Waals surface area contributed by atoms with Crippen molar-refractivity contribution in [3.63, 3.8) is 0 Å². The number of anilines is 3. The number of amides is 1. The number of carbonyl (C=O) groups excluding carboxylic acids is 1. The predicted octanol–water partition coefficient (Wildman–Crippen LogP) is 4.95. The summed E-state index contributed by atoms with van der Waals surface area (Å²) in [5, 5.41) is 7.27. The third-order valence-corrected chi connectivity index (χ3v) is 4.69. The number of para-hydroxylation sites is 2. The molecule has 2 aromatic carbocycles. The molecular weight excluding hydrogens is 362 g/mol. The zero-order valence-corrected chi connectivity index (χ0v) is 16.5. The van der Waals surface area contributed by atoms with E-state index in [1.54, 1.807) is 19.2 Å². The molecule has 144 valence electrons. The molecule has 0 radical (unpaired) electrons. The second kappa shape index (κ2) is 7.67. The maximum Gasteiger partial charge on any atom is 0.274 e. The molecule has 0 unspecified atom stereocenters. The average Bonchev–Trinajstić information content (AvgIpc) is 2.70. The van der Waals surface area contributed by atoms with Gasteiger partial charge in [0.1, 0.15) is 17.3 Å². The largest absolute Gasteiger partial charge is 0.338 e. The number of hydrogen-bond donors (Lipinski definition) is 2. The Labute approximate surface area is 169 Å². The lowest BCUT2D eigenvalue weighted by Gasteiger charge is -2.13. The molecule has 0 aliphatic heterocycles. The zero-order chi connectivity index (χ0) is 20.4. The molecule has 1 amide bonds. The van der Waals surface area contributed by atoms with E-state index in [4.69, 9.17) is 0 Å². The Balaban J connectivity index is 1.65. The average molecular weight is 383 g/mol. The minimum Gasteiger partial charge on any atom is -0.338 e. The molecule has 0 atom stereocenters. The van der Waals surface area contributed by atoms with Crippen molar-refractivity contribution in [2.75, 3.05) is 10.6 Å². The highest BCUT2D eigenvalue weighted by Gasteiger charge is 2.14. The fraction of sp³-hybridized carbons (Fsp3) is 0.130. The van der Waals surface area contributed by atoms with Crippen molar-refractivity contribution in [3.8, 4) is 0 Å². The highest BCUT2D eigenvalue weighted by atomic mass is 16.1. The van der Waals surface area contributed by atoms with E-state index in [2.05, 4.69) is 25.6 Å². The van der Waals surface area contributed by atoms with Crippen molar-refractivity contribution >= 4 is 34.0 Å². The summed E-state index contributed by atoms with van der Waals surface area (Å²) in [6.07, 6.45) is 1.75. The molecule has 0 aliphatic carbocycles. The summed E-state index contributed by atoms with van der Waals surface area (Å²) < 4.78 is 0. The van der Waals surface area contributed by atoms with Gasteiger partial charge < -0.3 is 10.6 Å². The van der Waals surface area contributed by atoms with Gasteiger partial charge in [0.15, 0.2) is 0 Å². The third-order valence-electron chi connectivity index (χ3n) is 4.69. The third kappa shape index (κ3) is 3.91. The van der Waals surface area contributed by atoms with E-state index in [1.165, 1.54) is 0 Å². The van der Waals surface area contributed by atoms with Crippen LogP contribution in [-0.4, -0.2) is 20.9 Å². The predicted molar refractivity (Wildman–Crippen MR) is 116 cm³/mol. The summed E-state index contributed by atoms with van der Waals surface area (Å²) in [4.78, 5) is 26.0. The normalized spacial score (nSPS) is 10.7. The van der Waals surface area contributed by atoms with Crippen LogP contribution < -0.4 is 10.6 Å². The Morgan fingerprint density at radius 3 is 2.41 bits per heavy atom. The van der Waals surface area contributed by atoms with Gasteiger partial charge in [-0.25, -0.2) is 9.97 Å². The number of rotatable bonds is 4. The molecule has 0 saturated heterocycles. The first-order valence-corrected chi connectivity index (χ1v) is 9.35. The molecule has 6 heteroatoms. The standard InChI is InChI=1S/C23H21N5O/c1-14-7-4-8-15(2)21(14)28-23(29)19-13-20(26-16(3)25-19)27-18-11-5-9-17-10-6-12-24-22(17)18/h4-13H,1-3H3,(H,28,29)(H,25,26,27). The Morgan fingerprint density at radius 2 is 1.62 bits per heavy atom. The highest BCUT2D eigenvalue weighted by molar-refractivity contribution is 6.04. The molecule has 4 rings (SSSR count). The van der Waals surface area contributed by atoms with Crippen LogP contribution in [0.4, 0.5) is 17.2 Å². The maximum atomic E-state index is 12.8. The van der Waals surface area contributed by atoms with E-state index in [0.717, 1.165) is 33.4 Å². The summed E-state index contributed by atoms with van der Waals surface area (Å²) >= 11 is 0.